The van der Waals surface area contributed by atoms with E-state index in [1.807, 2.05) is 38.1 Å². The van der Waals surface area contributed by atoms with Crippen molar-refractivity contribution < 1.29 is 31.4 Å². The van der Waals surface area contributed by atoms with Gasteiger partial charge in [-0.2, -0.15) is 13.2 Å². The fourth-order valence-corrected chi connectivity index (χ4v) is 4.85. The molecule has 3 aromatic carbocycles. The van der Waals surface area contributed by atoms with E-state index in [-0.39, 0.29) is 37.6 Å². The number of halogens is 5. The number of ether oxygens (including phenoxy) is 2. The quantitative estimate of drug-likeness (QED) is 0.232. The zero-order chi connectivity index (χ0) is 28.9. The summed E-state index contributed by atoms with van der Waals surface area (Å²) in [5.74, 6) is -1.95. The maximum atomic E-state index is 14.8. The first-order valence-corrected chi connectivity index (χ1v) is 13.4. The molecule has 0 radical (unpaired) electrons. The van der Waals surface area contributed by atoms with Gasteiger partial charge < -0.3 is 9.47 Å². The van der Waals surface area contributed by atoms with Crippen LogP contribution in [-0.4, -0.2) is 19.4 Å². The molecule has 0 amide bonds. The highest BCUT2D eigenvalue weighted by Crippen LogP contribution is 2.34. The maximum Gasteiger partial charge on any atom is 0.392 e. The van der Waals surface area contributed by atoms with Crippen molar-refractivity contribution in [2.45, 2.75) is 46.2 Å². The van der Waals surface area contributed by atoms with Crippen LogP contribution < -0.4 is 9.47 Å². The molecule has 2 atom stereocenters. The molecule has 0 bridgehead atoms. The van der Waals surface area contributed by atoms with Gasteiger partial charge in [0.2, 0.25) is 0 Å². The van der Waals surface area contributed by atoms with Gasteiger partial charge in [-0.05, 0) is 74.4 Å². The van der Waals surface area contributed by atoms with Crippen molar-refractivity contribution in [1.82, 2.24) is 0 Å². The zero-order valence-corrected chi connectivity index (χ0v) is 22.8. The van der Waals surface area contributed by atoms with Gasteiger partial charge in [-0.3, -0.25) is 0 Å². The molecule has 1 aliphatic rings. The van der Waals surface area contributed by atoms with Gasteiger partial charge in [0.05, 0.1) is 19.1 Å². The predicted octanol–water partition coefficient (Wildman–Crippen LogP) is 9.73. The molecule has 0 N–H and O–H groups in total. The Labute approximate surface area is 232 Å². The van der Waals surface area contributed by atoms with Crippen molar-refractivity contribution in [3.05, 3.63) is 101 Å². The first-order valence-electron chi connectivity index (χ1n) is 13.4. The van der Waals surface area contributed by atoms with Crippen LogP contribution in [0.4, 0.5) is 22.0 Å². The summed E-state index contributed by atoms with van der Waals surface area (Å²) in [6, 6.07) is 16.0. The van der Waals surface area contributed by atoms with Gasteiger partial charge in [-0.15, -0.1) is 0 Å². The van der Waals surface area contributed by atoms with Crippen molar-refractivity contribution in [3.63, 3.8) is 0 Å². The van der Waals surface area contributed by atoms with Crippen LogP contribution in [0.15, 0.2) is 78.4 Å². The highest BCUT2D eigenvalue weighted by Gasteiger charge is 2.39. The lowest BCUT2D eigenvalue weighted by Gasteiger charge is -2.21. The van der Waals surface area contributed by atoms with Crippen LogP contribution in [0.5, 0.6) is 11.5 Å². The Balaban J connectivity index is 1.30. The molecule has 3 aromatic rings. The summed E-state index contributed by atoms with van der Waals surface area (Å²) in [5.41, 5.74) is 4.50. The Morgan fingerprint density at radius 2 is 1.35 bits per heavy atom. The van der Waals surface area contributed by atoms with Crippen LogP contribution in [0, 0.1) is 30.4 Å². The topological polar surface area (TPSA) is 18.5 Å². The molecule has 0 aliphatic heterocycles. The van der Waals surface area contributed by atoms with Crippen LogP contribution >= 0.6 is 0 Å². The van der Waals surface area contributed by atoms with E-state index in [1.54, 1.807) is 36.4 Å². The van der Waals surface area contributed by atoms with Gasteiger partial charge in [0.15, 0.2) is 0 Å². The maximum absolute atomic E-state index is 14.8. The van der Waals surface area contributed by atoms with Crippen molar-refractivity contribution >= 4 is 5.57 Å². The molecule has 4 rings (SSSR count). The van der Waals surface area contributed by atoms with Crippen molar-refractivity contribution in [2.75, 3.05) is 13.2 Å². The third kappa shape index (κ3) is 7.52. The standard InChI is InChI=1S/C33H33F5O2/c1-21-4-7-24(8-5-21)29-12-9-26(19-31(29)34)39-16-14-25(33(36,37)38)15-17-40-27-10-13-30(32(35)20-27)28-11-6-22(2)18-23(28)3/h4-13,19-20,22,25H,14-18H2,1-3H3. The number of rotatable bonds is 10. The number of hydrogen-bond donors (Lipinski definition) is 0. The molecule has 0 aromatic heterocycles. The molecule has 212 valence electrons. The van der Waals surface area contributed by atoms with E-state index in [2.05, 4.69) is 6.92 Å². The molecular formula is C33H33F5O2. The zero-order valence-electron chi connectivity index (χ0n) is 22.8. The number of benzene rings is 3. The lowest BCUT2D eigenvalue weighted by atomic mass is 9.88. The van der Waals surface area contributed by atoms with Gasteiger partial charge in [0.25, 0.3) is 0 Å². The number of alkyl halides is 3. The van der Waals surface area contributed by atoms with E-state index in [4.69, 9.17) is 9.47 Å². The lowest BCUT2D eigenvalue weighted by molar-refractivity contribution is -0.181. The number of aryl methyl sites for hydroxylation is 1. The van der Waals surface area contributed by atoms with E-state index >= 15 is 0 Å². The first-order chi connectivity index (χ1) is 19.0. The van der Waals surface area contributed by atoms with Crippen LogP contribution in [-0.2, 0) is 0 Å². The van der Waals surface area contributed by atoms with E-state index in [0.29, 0.717) is 22.6 Å². The molecule has 0 spiro atoms. The number of hydrogen-bond acceptors (Lipinski definition) is 2. The summed E-state index contributed by atoms with van der Waals surface area (Å²) in [6.07, 6.45) is -0.312. The molecule has 40 heavy (non-hydrogen) atoms. The summed E-state index contributed by atoms with van der Waals surface area (Å²) in [4.78, 5) is 0. The Bertz CT molecular complexity index is 1370. The first kappa shape index (κ1) is 29.4. The largest absolute Gasteiger partial charge is 0.493 e. The second kappa shape index (κ2) is 12.7. The van der Waals surface area contributed by atoms with E-state index in [9.17, 15) is 22.0 Å². The van der Waals surface area contributed by atoms with E-state index in [1.165, 1.54) is 12.1 Å². The lowest BCUT2D eigenvalue weighted by Crippen LogP contribution is -2.26. The predicted molar refractivity (Wildman–Crippen MR) is 148 cm³/mol. The second-order valence-corrected chi connectivity index (χ2v) is 10.4. The van der Waals surface area contributed by atoms with Gasteiger partial charge in [-0.1, -0.05) is 54.5 Å². The van der Waals surface area contributed by atoms with E-state index < -0.39 is 23.7 Å². The summed E-state index contributed by atoms with van der Waals surface area (Å²) in [6.45, 7) is 5.52. The third-order valence-electron chi connectivity index (χ3n) is 7.15. The van der Waals surface area contributed by atoms with E-state index in [0.717, 1.165) is 23.1 Å². The Hall–Kier alpha value is -3.61. The molecule has 0 fully saturated rings. The average molecular weight is 557 g/mol. The smallest absolute Gasteiger partial charge is 0.392 e. The second-order valence-electron chi connectivity index (χ2n) is 10.4. The highest BCUT2D eigenvalue weighted by molar-refractivity contribution is 5.78. The van der Waals surface area contributed by atoms with Crippen LogP contribution in [0.2, 0.25) is 0 Å². The van der Waals surface area contributed by atoms with Crippen LogP contribution in [0.3, 0.4) is 0 Å². The van der Waals surface area contributed by atoms with Crippen LogP contribution in [0.25, 0.3) is 16.7 Å². The molecule has 2 nitrogen and oxygen atoms in total. The summed E-state index contributed by atoms with van der Waals surface area (Å²) >= 11 is 0. The van der Waals surface area contributed by atoms with Crippen molar-refractivity contribution in [3.8, 4) is 22.6 Å². The normalized spacial score (nSPS) is 16.2. The van der Waals surface area contributed by atoms with Crippen molar-refractivity contribution in [1.29, 1.82) is 0 Å². The minimum absolute atomic E-state index is 0.161. The Kier molecular flexibility index (Phi) is 9.33. The van der Waals surface area contributed by atoms with Gasteiger partial charge >= 0.3 is 6.18 Å². The number of allylic oxidation sites excluding steroid dienone is 4. The van der Waals surface area contributed by atoms with Gasteiger partial charge in [0, 0.05) is 23.3 Å². The highest BCUT2D eigenvalue weighted by atomic mass is 19.4. The molecule has 0 saturated heterocycles. The van der Waals surface area contributed by atoms with Gasteiger partial charge in [0.1, 0.15) is 23.1 Å². The summed E-state index contributed by atoms with van der Waals surface area (Å²) in [5, 5.41) is 0. The molecule has 2 unspecified atom stereocenters. The molecular weight excluding hydrogens is 523 g/mol. The molecule has 0 heterocycles. The van der Waals surface area contributed by atoms with Crippen molar-refractivity contribution in [2.24, 2.45) is 11.8 Å². The fraction of sp³-hybridized carbons (Fsp3) is 0.333. The Morgan fingerprint density at radius 1 is 0.800 bits per heavy atom. The minimum Gasteiger partial charge on any atom is -0.493 e. The third-order valence-corrected chi connectivity index (χ3v) is 7.15. The SMILES string of the molecule is CC1=C(c2ccc(OCCC(CCOc3ccc(-c4ccc(C)cc4)c(F)c3)C(F)(F)F)cc2F)C=CC(C)C1. The minimum atomic E-state index is -4.46. The van der Waals surface area contributed by atoms with Gasteiger partial charge in [-0.25, -0.2) is 8.78 Å². The molecule has 0 saturated carbocycles. The molecule has 7 heteroatoms. The van der Waals surface area contributed by atoms with Crippen LogP contribution in [0.1, 0.15) is 44.2 Å². The average Bonchev–Trinajstić information content (AvgIpc) is 2.88. The monoisotopic (exact) mass is 556 g/mol. The summed E-state index contributed by atoms with van der Waals surface area (Å²) < 4.78 is 81.3. The summed E-state index contributed by atoms with van der Waals surface area (Å²) in [7, 11) is 0. The Morgan fingerprint density at radius 3 is 1.85 bits per heavy atom. The molecule has 1 aliphatic carbocycles. The fourth-order valence-electron chi connectivity index (χ4n) is 4.85.